The van der Waals surface area contributed by atoms with Crippen LogP contribution in [-0.4, -0.2) is 12.8 Å². The molecule has 0 spiro atoms. The second-order valence-electron chi connectivity index (χ2n) is 11.0. The van der Waals surface area contributed by atoms with Crippen molar-refractivity contribution >= 4 is 5.78 Å². The summed E-state index contributed by atoms with van der Waals surface area (Å²) in [6.45, 7) is 13.5. The highest BCUT2D eigenvalue weighted by molar-refractivity contribution is 5.78. The van der Waals surface area contributed by atoms with E-state index in [0.29, 0.717) is 35.9 Å². The van der Waals surface area contributed by atoms with Crippen LogP contribution in [0.25, 0.3) is 0 Å². The Balaban J connectivity index is 1.76. The Bertz CT molecular complexity index is 860. The first-order valence-electron chi connectivity index (χ1n) is 12.9. The summed E-state index contributed by atoms with van der Waals surface area (Å²) in [4.78, 5) is 12.4. The Morgan fingerprint density at radius 2 is 1.94 bits per heavy atom. The van der Waals surface area contributed by atoms with Crippen LogP contribution in [0.15, 0.2) is 36.1 Å². The number of carbonyl (C=O) groups excluding carboxylic acids is 1. The molecule has 0 bridgehead atoms. The molecule has 0 heterocycles. The molecule has 1 aromatic rings. The predicted molar refractivity (Wildman–Crippen MR) is 137 cm³/mol. The van der Waals surface area contributed by atoms with E-state index >= 15 is 0 Å². The van der Waals surface area contributed by atoms with E-state index in [1.54, 1.807) is 11.1 Å². The largest absolute Gasteiger partial charge is 0.392 e. The average molecular weight is 436 g/mol. The Kier molecular flexibility index (Phi) is 8.42. The smallest absolute Gasteiger partial charge is 0.133 e. The Morgan fingerprint density at radius 1 is 1.16 bits per heavy atom. The van der Waals surface area contributed by atoms with Gasteiger partial charge in [0.1, 0.15) is 5.78 Å². The standard InChI is InChI=1S/C30H45NO/c1-7-8-9-10-24-17-21(2)29-25(18-24)20-30(4,5)28-16-13-23(19-27(28)29)12-15-26(32)14-11-22(3)31-6/h17-19,27-28,31H,3,7-16,20H2,1-2,4-6H3. The van der Waals surface area contributed by atoms with Crippen LogP contribution in [-0.2, 0) is 17.6 Å². The van der Waals surface area contributed by atoms with Crippen molar-refractivity contribution in [2.75, 3.05) is 7.05 Å². The van der Waals surface area contributed by atoms with Crippen molar-refractivity contribution in [2.24, 2.45) is 11.3 Å². The molecule has 0 amide bonds. The van der Waals surface area contributed by atoms with Gasteiger partial charge in [-0.05, 0) is 85.5 Å². The summed E-state index contributed by atoms with van der Waals surface area (Å²) in [6.07, 6.45) is 14.2. The number of fused-ring (bicyclic) bond motifs is 3. The van der Waals surface area contributed by atoms with Crippen molar-refractivity contribution < 1.29 is 4.79 Å². The lowest BCUT2D eigenvalue weighted by molar-refractivity contribution is -0.119. The van der Waals surface area contributed by atoms with Crippen molar-refractivity contribution in [3.05, 3.63) is 58.3 Å². The molecule has 1 N–H and O–H groups in total. The van der Waals surface area contributed by atoms with E-state index in [1.165, 1.54) is 55.2 Å². The topological polar surface area (TPSA) is 29.1 Å². The van der Waals surface area contributed by atoms with Gasteiger partial charge in [-0.15, -0.1) is 0 Å². The summed E-state index contributed by atoms with van der Waals surface area (Å²) in [5.74, 6) is 1.58. The number of nitrogens with one attached hydrogen (secondary N) is 1. The first-order valence-corrected chi connectivity index (χ1v) is 12.9. The highest BCUT2D eigenvalue weighted by Crippen LogP contribution is 2.53. The molecule has 0 aromatic heterocycles. The van der Waals surface area contributed by atoms with Crippen LogP contribution < -0.4 is 5.32 Å². The van der Waals surface area contributed by atoms with E-state index in [9.17, 15) is 4.79 Å². The fourth-order valence-corrected chi connectivity index (χ4v) is 6.10. The third-order valence-electron chi connectivity index (χ3n) is 7.99. The lowest BCUT2D eigenvalue weighted by Crippen LogP contribution is -2.38. The van der Waals surface area contributed by atoms with E-state index < -0.39 is 0 Å². The summed E-state index contributed by atoms with van der Waals surface area (Å²) in [7, 11) is 1.87. The molecule has 32 heavy (non-hydrogen) atoms. The van der Waals surface area contributed by atoms with Crippen LogP contribution in [0, 0.1) is 18.3 Å². The monoisotopic (exact) mass is 435 g/mol. The van der Waals surface area contributed by atoms with Gasteiger partial charge in [0.15, 0.2) is 0 Å². The summed E-state index contributed by atoms with van der Waals surface area (Å²) in [6, 6.07) is 4.99. The molecule has 2 aliphatic carbocycles. The molecule has 0 saturated heterocycles. The number of Topliss-reactive ketones (excluding diaryl/α,β-unsaturated/α-hetero) is 1. The lowest BCUT2D eigenvalue weighted by atomic mass is 9.57. The van der Waals surface area contributed by atoms with Crippen LogP contribution in [0.3, 0.4) is 0 Å². The first kappa shape index (κ1) is 24.8. The number of carbonyl (C=O) groups is 1. The van der Waals surface area contributed by atoms with Crippen LogP contribution in [0.1, 0.15) is 107 Å². The van der Waals surface area contributed by atoms with Crippen LogP contribution in [0.2, 0.25) is 0 Å². The maximum Gasteiger partial charge on any atom is 0.133 e. The minimum absolute atomic E-state index is 0.331. The van der Waals surface area contributed by atoms with Crippen molar-refractivity contribution in [1.29, 1.82) is 0 Å². The predicted octanol–water partition coefficient (Wildman–Crippen LogP) is 7.59. The van der Waals surface area contributed by atoms with Crippen molar-refractivity contribution in [3.8, 4) is 0 Å². The zero-order valence-corrected chi connectivity index (χ0v) is 21.3. The maximum absolute atomic E-state index is 12.4. The number of hydrogen-bond acceptors (Lipinski definition) is 2. The number of allylic oxidation sites excluding steroid dienone is 3. The average Bonchev–Trinajstić information content (AvgIpc) is 2.75. The molecule has 2 aliphatic rings. The molecular formula is C30H45NO. The number of unbranched alkanes of at least 4 members (excludes halogenated alkanes) is 2. The zero-order valence-electron chi connectivity index (χ0n) is 21.3. The highest BCUT2D eigenvalue weighted by Gasteiger charge is 2.43. The molecule has 0 fully saturated rings. The third-order valence-corrected chi connectivity index (χ3v) is 7.99. The number of ketones is 1. The molecule has 0 radical (unpaired) electrons. The van der Waals surface area contributed by atoms with E-state index in [0.717, 1.165) is 25.0 Å². The third kappa shape index (κ3) is 5.94. The molecule has 3 rings (SSSR count). The molecule has 2 heteroatoms. The maximum atomic E-state index is 12.4. The summed E-state index contributed by atoms with van der Waals surface area (Å²) < 4.78 is 0. The quantitative estimate of drug-likeness (QED) is 0.286. The van der Waals surface area contributed by atoms with Gasteiger partial charge in [0.2, 0.25) is 0 Å². The van der Waals surface area contributed by atoms with Crippen molar-refractivity contribution in [1.82, 2.24) is 5.32 Å². The van der Waals surface area contributed by atoms with Gasteiger partial charge in [-0.3, -0.25) is 4.79 Å². The van der Waals surface area contributed by atoms with Gasteiger partial charge in [0.05, 0.1) is 0 Å². The molecular weight excluding hydrogens is 390 g/mol. The van der Waals surface area contributed by atoms with Gasteiger partial charge >= 0.3 is 0 Å². The highest BCUT2D eigenvalue weighted by atomic mass is 16.1. The second kappa shape index (κ2) is 10.9. The molecule has 2 unspecified atom stereocenters. The van der Waals surface area contributed by atoms with Crippen LogP contribution >= 0.6 is 0 Å². The van der Waals surface area contributed by atoms with E-state index in [2.05, 4.69) is 57.8 Å². The summed E-state index contributed by atoms with van der Waals surface area (Å²) >= 11 is 0. The zero-order chi connectivity index (χ0) is 23.3. The molecule has 2 nitrogen and oxygen atoms in total. The minimum atomic E-state index is 0.331. The van der Waals surface area contributed by atoms with E-state index in [4.69, 9.17) is 0 Å². The minimum Gasteiger partial charge on any atom is -0.392 e. The SMILES string of the molecule is C=C(CCC(=O)CCC1=CC2c3c(C)cc(CCCCC)cc3CC(C)(C)C2CC1)NC. The number of benzene rings is 1. The van der Waals surface area contributed by atoms with Crippen LogP contribution in [0.4, 0.5) is 0 Å². The first-order chi connectivity index (χ1) is 15.2. The van der Waals surface area contributed by atoms with Gasteiger partial charge in [-0.25, -0.2) is 0 Å². The fraction of sp³-hybridized carbons (Fsp3) is 0.633. The molecule has 0 aliphatic heterocycles. The van der Waals surface area contributed by atoms with Crippen molar-refractivity contribution in [2.45, 2.75) is 104 Å². The fourth-order valence-electron chi connectivity index (χ4n) is 6.10. The number of rotatable bonds is 11. The number of aryl methyl sites for hydroxylation is 2. The van der Waals surface area contributed by atoms with Gasteiger partial charge in [-0.1, -0.05) is 64.0 Å². The molecule has 1 aromatic carbocycles. The van der Waals surface area contributed by atoms with Gasteiger partial charge in [-0.2, -0.15) is 0 Å². The van der Waals surface area contributed by atoms with Gasteiger partial charge in [0, 0.05) is 31.5 Å². The van der Waals surface area contributed by atoms with Gasteiger partial charge < -0.3 is 5.32 Å². The van der Waals surface area contributed by atoms with Gasteiger partial charge in [0.25, 0.3) is 0 Å². The van der Waals surface area contributed by atoms with Crippen LogP contribution in [0.5, 0.6) is 0 Å². The molecule has 2 atom stereocenters. The van der Waals surface area contributed by atoms with E-state index in [1.807, 2.05) is 7.05 Å². The summed E-state index contributed by atoms with van der Waals surface area (Å²) in [5.41, 5.74) is 8.98. The summed E-state index contributed by atoms with van der Waals surface area (Å²) in [5, 5.41) is 3.04. The molecule has 0 saturated carbocycles. The Hall–Kier alpha value is -1.83. The Labute approximate surface area is 197 Å². The van der Waals surface area contributed by atoms with E-state index in [-0.39, 0.29) is 0 Å². The number of hydrogen-bond donors (Lipinski definition) is 1. The van der Waals surface area contributed by atoms with Crippen molar-refractivity contribution in [3.63, 3.8) is 0 Å². The second-order valence-corrected chi connectivity index (χ2v) is 11.0. The Morgan fingerprint density at radius 3 is 2.66 bits per heavy atom. The molecule has 176 valence electrons. The normalized spacial score (nSPS) is 21.3. The lowest BCUT2D eigenvalue weighted by Gasteiger charge is -2.47.